The van der Waals surface area contributed by atoms with Gasteiger partial charge >= 0.3 is 5.69 Å². The minimum absolute atomic E-state index is 0.0856. The van der Waals surface area contributed by atoms with Gasteiger partial charge in [-0.1, -0.05) is 0 Å². The van der Waals surface area contributed by atoms with Crippen molar-refractivity contribution in [2.75, 3.05) is 13.2 Å². The number of imidazole rings is 1. The zero-order valence-electron chi connectivity index (χ0n) is 9.15. The second-order valence-electron chi connectivity index (χ2n) is 4.16. The molecular formula is C11H12BrN3O2. The number of nitrogens with zero attached hydrogens (tertiary/aromatic N) is 2. The molecule has 1 fully saturated rings. The molecule has 3 rings (SSSR count). The van der Waals surface area contributed by atoms with Gasteiger partial charge in [-0.2, -0.15) is 0 Å². The van der Waals surface area contributed by atoms with Crippen molar-refractivity contribution in [1.82, 2.24) is 14.5 Å². The maximum absolute atomic E-state index is 12.0. The molecule has 0 radical (unpaired) electrons. The molecule has 0 saturated carbocycles. The Bertz CT molecular complexity index is 598. The molecule has 2 aromatic heterocycles. The summed E-state index contributed by atoms with van der Waals surface area (Å²) in [7, 11) is 0. The molecule has 0 unspecified atom stereocenters. The van der Waals surface area contributed by atoms with Gasteiger partial charge in [0.1, 0.15) is 0 Å². The Hall–Kier alpha value is -1.14. The lowest BCUT2D eigenvalue weighted by atomic mass is 10.1. The van der Waals surface area contributed by atoms with E-state index in [9.17, 15) is 4.79 Å². The van der Waals surface area contributed by atoms with Gasteiger partial charge in [0.25, 0.3) is 0 Å². The lowest BCUT2D eigenvalue weighted by Crippen LogP contribution is -2.27. The van der Waals surface area contributed by atoms with E-state index in [-0.39, 0.29) is 11.7 Å². The van der Waals surface area contributed by atoms with Crippen LogP contribution in [0.25, 0.3) is 11.2 Å². The highest BCUT2D eigenvalue weighted by Crippen LogP contribution is 2.24. The summed E-state index contributed by atoms with van der Waals surface area (Å²) < 4.78 is 8.00. The number of hydrogen-bond donors (Lipinski definition) is 1. The van der Waals surface area contributed by atoms with Gasteiger partial charge in [0.05, 0.1) is 5.52 Å². The Balaban J connectivity index is 2.16. The predicted octanol–water partition coefficient (Wildman–Crippen LogP) is 1.84. The molecule has 17 heavy (non-hydrogen) atoms. The quantitative estimate of drug-likeness (QED) is 0.874. The van der Waals surface area contributed by atoms with Crippen LogP contribution < -0.4 is 5.69 Å². The van der Waals surface area contributed by atoms with Crippen LogP contribution in [0.4, 0.5) is 0 Å². The van der Waals surface area contributed by atoms with Crippen LogP contribution in [0.1, 0.15) is 18.9 Å². The standard InChI is InChI=1S/C11H12BrN3O2/c12-7-5-9-10(13-6-7)14-11(16)15(9)8-1-3-17-4-2-8/h5-6,8H,1-4H2,(H,13,14,16). The number of pyridine rings is 1. The van der Waals surface area contributed by atoms with Crippen LogP contribution in [0.2, 0.25) is 0 Å². The van der Waals surface area contributed by atoms with Gasteiger partial charge in [-0.3, -0.25) is 9.55 Å². The summed E-state index contributed by atoms with van der Waals surface area (Å²) in [6, 6.07) is 2.14. The summed E-state index contributed by atoms with van der Waals surface area (Å²) in [6.45, 7) is 1.43. The lowest BCUT2D eigenvalue weighted by molar-refractivity contribution is 0.0698. The normalized spacial score (nSPS) is 17.7. The molecule has 0 aromatic carbocycles. The summed E-state index contributed by atoms with van der Waals surface area (Å²) in [5.41, 5.74) is 1.42. The van der Waals surface area contributed by atoms with Gasteiger partial charge in [0.15, 0.2) is 5.65 Å². The maximum Gasteiger partial charge on any atom is 0.327 e. The molecule has 1 saturated heterocycles. The molecule has 0 bridgehead atoms. The largest absolute Gasteiger partial charge is 0.381 e. The third-order valence-corrected chi connectivity index (χ3v) is 3.53. The molecule has 1 aliphatic heterocycles. The first-order valence-corrected chi connectivity index (χ1v) is 6.38. The van der Waals surface area contributed by atoms with Gasteiger partial charge in [-0.25, -0.2) is 9.78 Å². The number of rotatable bonds is 1. The van der Waals surface area contributed by atoms with Gasteiger partial charge in [-0.05, 0) is 34.8 Å². The second kappa shape index (κ2) is 4.27. The predicted molar refractivity (Wildman–Crippen MR) is 67.1 cm³/mol. The van der Waals surface area contributed by atoms with Crippen molar-refractivity contribution in [1.29, 1.82) is 0 Å². The zero-order chi connectivity index (χ0) is 11.8. The maximum atomic E-state index is 12.0. The van der Waals surface area contributed by atoms with Crippen molar-refractivity contribution in [3.63, 3.8) is 0 Å². The topological polar surface area (TPSA) is 59.9 Å². The van der Waals surface area contributed by atoms with E-state index >= 15 is 0 Å². The number of aromatic nitrogens is 3. The van der Waals surface area contributed by atoms with Crippen molar-refractivity contribution in [2.24, 2.45) is 0 Å². The Kier molecular flexibility index (Phi) is 2.76. The van der Waals surface area contributed by atoms with Gasteiger partial charge in [-0.15, -0.1) is 0 Å². The molecule has 2 aromatic rings. The second-order valence-corrected chi connectivity index (χ2v) is 5.08. The molecule has 0 atom stereocenters. The van der Waals surface area contributed by atoms with E-state index in [1.165, 1.54) is 0 Å². The molecule has 5 nitrogen and oxygen atoms in total. The number of hydrogen-bond acceptors (Lipinski definition) is 3. The fourth-order valence-corrected chi connectivity index (χ4v) is 2.60. The molecular weight excluding hydrogens is 286 g/mol. The lowest BCUT2D eigenvalue weighted by Gasteiger charge is -2.23. The highest BCUT2D eigenvalue weighted by molar-refractivity contribution is 9.10. The Morgan fingerprint density at radius 2 is 2.24 bits per heavy atom. The Morgan fingerprint density at radius 3 is 3.00 bits per heavy atom. The smallest absolute Gasteiger partial charge is 0.327 e. The molecule has 6 heteroatoms. The van der Waals surface area contributed by atoms with E-state index in [0.717, 1.165) is 22.8 Å². The molecule has 1 aliphatic rings. The first-order chi connectivity index (χ1) is 8.25. The van der Waals surface area contributed by atoms with E-state index in [2.05, 4.69) is 25.9 Å². The van der Waals surface area contributed by atoms with Crippen LogP contribution in [-0.2, 0) is 4.74 Å². The molecule has 1 N–H and O–H groups in total. The van der Waals surface area contributed by atoms with Crippen LogP contribution in [0.5, 0.6) is 0 Å². The van der Waals surface area contributed by atoms with E-state index in [4.69, 9.17) is 4.74 Å². The van der Waals surface area contributed by atoms with E-state index < -0.39 is 0 Å². The van der Waals surface area contributed by atoms with Crippen molar-refractivity contribution in [3.05, 3.63) is 27.2 Å². The van der Waals surface area contributed by atoms with Crippen LogP contribution in [-0.4, -0.2) is 27.7 Å². The van der Waals surface area contributed by atoms with Crippen molar-refractivity contribution in [3.8, 4) is 0 Å². The first-order valence-electron chi connectivity index (χ1n) is 5.59. The molecule has 0 aliphatic carbocycles. The van der Waals surface area contributed by atoms with Crippen molar-refractivity contribution < 1.29 is 4.74 Å². The number of halogens is 1. The van der Waals surface area contributed by atoms with Crippen LogP contribution in [0.3, 0.4) is 0 Å². The average Bonchev–Trinajstić information content (AvgIpc) is 2.65. The zero-order valence-corrected chi connectivity index (χ0v) is 10.7. The van der Waals surface area contributed by atoms with Crippen LogP contribution in [0, 0.1) is 0 Å². The fraction of sp³-hybridized carbons (Fsp3) is 0.455. The van der Waals surface area contributed by atoms with Crippen LogP contribution in [0.15, 0.2) is 21.5 Å². The van der Waals surface area contributed by atoms with Gasteiger partial charge in [0.2, 0.25) is 0 Å². The summed E-state index contributed by atoms with van der Waals surface area (Å²) >= 11 is 3.38. The van der Waals surface area contributed by atoms with Crippen molar-refractivity contribution >= 4 is 27.1 Å². The van der Waals surface area contributed by atoms with Crippen molar-refractivity contribution in [2.45, 2.75) is 18.9 Å². The number of nitrogens with one attached hydrogen (secondary N) is 1. The molecule has 90 valence electrons. The van der Waals surface area contributed by atoms with E-state index in [1.807, 2.05) is 6.07 Å². The number of H-pyrrole nitrogens is 1. The van der Waals surface area contributed by atoms with Crippen LogP contribution >= 0.6 is 15.9 Å². The number of ether oxygens (including phenoxy) is 1. The summed E-state index contributed by atoms with van der Waals surface area (Å²) in [4.78, 5) is 18.9. The molecule has 0 spiro atoms. The van der Waals surface area contributed by atoms with E-state index in [0.29, 0.717) is 18.9 Å². The van der Waals surface area contributed by atoms with Gasteiger partial charge in [0, 0.05) is 29.9 Å². The van der Waals surface area contributed by atoms with Gasteiger partial charge < -0.3 is 4.74 Å². The summed E-state index contributed by atoms with van der Waals surface area (Å²) in [5, 5.41) is 0. The van der Waals surface area contributed by atoms with E-state index in [1.54, 1.807) is 10.8 Å². The Morgan fingerprint density at radius 1 is 1.47 bits per heavy atom. The SMILES string of the molecule is O=c1[nH]c2ncc(Br)cc2n1C1CCOCC1. The minimum atomic E-state index is -0.0856. The first kappa shape index (κ1) is 11.0. The highest BCUT2D eigenvalue weighted by Gasteiger charge is 2.20. The number of aromatic amines is 1. The monoisotopic (exact) mass is 297 g/mol. The fourth-order valence-electron chi connectivity index (χ4n) is 2.29. The highest BCUT2D eigenvalue weighted by atomic mass is 79.9. The third kappa shape index (κ3) is 1.91. The summed E-state index contributed by atoms with van der Waals surface area (Å²) in [5.74, 6) is 0. The Labute approximate surface area is 106 Å². The molecule has 3 heterocycles. The molecule has 0 amide bonds. The summed E-state index contributed by atoms with van der Waals surface area (Å²) in [6.07, 6.45) is 3.44. The third-order valence-electron chi connectivity index (χ3n) is 3.09. The average molecular weight is 298 g/mol. The minimum Gasteiger partial charge on any atom is -0.381 e. The number of fused-ring (bicyclic) bond motifs is 1.